The average Bonchev–Trinajstić information content (AvgIpc) is 2.95. The summed E-state index contributed by atoms with van der Waals surface area (Å²) in [4.78, 5) is 50.7. The number of aliphatic hydroxyl groups is 1. The van der Waals surface area contributed by atoms with Crippen molar-refractivity contribution in [1.82, 2.24) is 0 Å². The van der Waals surface area contributed by atoms with Crippen LogP contribution in [0.2, 0.25) is 0 Å². The minimum absolute atomic E-state index is 0.0284. The van der Waals surface area contributed by atoms with E-state index in [9.17, 15) is 24.3 Å². The molecule has 0 aliphatic heterocycles. The SMILES string of the molecule is COC(=O)[C@]12CCC(C)(C)C[C@H]1C1=CC[C@@H]3[C@@]4(C)C[C@@H](OC(C)=O)[C@H](OC(C)=O)[C@@](C)(COC(C)=O)[C@@H]4C[C@@H](O)[C@@]3(C)[C@]1(C)CC2. The van der Waals surface area contributed by atoms with Crippen LogP contribution in [0.25, 0.3) is 0 Å². The van der Waals surface area contributed by atoms with Gasteiger partial charge in [0, 0.05) is 31.6 Å². The highest BCUT2D eigenvalue weighted by atomic mass is 16.6. The summed E-state index contributed by atoms with van der Waals surface area (Å²) >= 11 is 0. The molecule has 0 bridgehead atoms. The summed E-state index contributed by atoms with van der Waals surface area (Å²) in [5.41, 5.74) is -1.57. The highest BCUT2D eigenvalue weighted by molar-refractivity contribution is 5.78. The Morgan fingerprint density at radius 1 is 0.848 bits per heavy atom. The lowest BCUT2D eigenvalue weighted by Gasteiger charge is -2.72. The largest absolute Gasteiger partial charge is 0.469 e. The minimum Gasteiger partial charge on any atom is -0.469 e. The van der Waals surface area contributed by atoms with Crippen molar-refractivity contribution in [1.29, 1.82) is 0 Å². The van der Waals surface area contributed by atoms with Crippen LogP contribution >= 0.6 is 0 Å². The van der Waals surface area contributed by atoms with E-state index in [-0.39, 0.29) is 35.7 Å². The quantitative estimate of drug-likeness (QED) is 0.220. The maximum Gasteiger partial charge on any atom is 0.312 e. The Kier molecular flexibility index (Phi) is 8.60. The molecule has 5 rings (SSSR count). The number of carbonyl (C=O) groups is 4. The third-order valence-corrected chi connectivity index (χ3v) is 14.2. The Hall–Kier alpha value is -2.42. The highest BCUT2D eigenvalue weighted by Gasteiger charge is 2.74. The first kappa shape index (κ1) is 34.9. The normalized spacial score (nSPS) is 45.8. The number of hydrogen-bond acceptors (Lipinski definition) is 9. The van der Waals surface area contributed by atoms with Gasteiger partial charge >= 0.3 is 23.9 Å². The maximum atomic E-state index is 13.6. The number of hydrogen-bond donors (Lipinski definition) is 1. The van der Waals surface area contributed by atoms with Crippen LogP contribution in [0.4, 0.5) is 0 Å². The smallest absolute Gasteiger partial charge is 0.312 e. The molecule has 0 heterocycles. The van der Waals surface area contributed by atoms with Gasteiger partial charge in [-0.3, -0.25) is 19.2 Å². The molecule has 0 amide bonds. The molecular formula is C37H56O9. The van der Waals surface area contributed by atoms with E-state index in [0.29, 0.717) is 25.7 Å². The molecule has 0 unspecified atom stereocenters. The summed E-state index contributed by atoms with van der Waals surface area (Å²) in [5.74, 6) is -1.77. The summed E-state index contributed by atoms with van der Waals surface area (Å²) in [7, 11) is 1.50. The molecular weight excluding hydrogens is 588 g/mol. The number of esters is 4. The van der Waals surface area contributed by atoms with Crippen LogP contribution in [-0.2, 0) is 38.1 Å². The lowest BCUT2D eigenvalue weighted by Crippen LogP contribution is -2.72. The maximum absolute atomic E-state index is 13.6. The molecule has 0 saturated heterocycles. The van der Waals surface area contributed by atoms with Crippen molar-refractivity contribution in [3.05, 3.63) is 11.6 Å². The molecule has 11 atom stereocenters. The van der Waals surface area contributed by atoms with Gasteiger partial charge in [-0.1, -0.05) is 53.2 Å². The number of carbonyl (C=O) groups excluding carboxylic acids is 4. The van der Waals surface area contributed by atoms with E-state index in [2.05, 4.69) is 40.7 Å². The molecule has 5 aliphatic rings. The third kappa shape index (κ3) is 4.95. The van der Waals surface area contributed by atoms with Gasteiger partial charge in [0.05, 0.1) is 18.6 Å². The fourth-order valence-electron chi connectivity index (χ4n) is 11.8. The van der Waals surface area contributed by atoms with Crippen LogP contribution < -0.4 is 0 Å². The van der Waals surface area contributed by atoms with Crippen molar-refractivity contribution in [3.8, 4) is 0 Å². The monoisotopic (exact) mass is 644 g/mol. The minimum atomic E-state index is -0.933. The first-order valence-electron chi connectivity index (χ1n) is 17.2. The summed E-state index contributed by atoms with van der Waals surface area (Å²) < 4.78 is 23.0. The van der Waals surface area contributed by atoms with Crippen molar-refractivity contribution in [2.24, 2.45) is 50.2 Å². The first-order valence-corrected chi connectivity index (χ1v) is 17.2. The topological polar surface area (TPSA) is 125 Å². The molecule has 258 valence electrons. The van der Waals surface area contributed by atoms with E-state index >= 15 is 0 Å². The van der Waals surface area contributed by atoms with Crippen LogP contribution in [0.15, 0.2) is 11.6 Å². The number of allylic oxidation sites excluding steroid dienone is 2. The zero-order chi connectivity index (χ0) is 34.3. The van der Waals surface area contributed by atoms with Gasteiger partial charge in [-0.2, -0.15) is 0 Å². The molecule has 9 heteroatoms. The van der Waals surface area contributed by atoms with Crippen LogP contribution in [-0.4, -0.2) is 61.0 Å². The van der Waals surface area contributed by atoms with Crippen molar-refractivity contribution in [2.45, 2.75) is 132 Å². The van der Waals surface area contributed by atoms with E-state index in [1.807, 2.05) is 6.92 Å². The molecule has 0 spiro atoms. The molecule has 5 aliphatic carbocycles. The third-order valence-electron chi connectivity index (χ3n) is 14.2. The number of rotatable bonds is 5. The lowest BCUT2D eigenvalue weighted by atomic mass is 9.32. The van der Waals surface area contributed by atoms with Gasteiger partial charge in [0.15, 0.2) is 0 Å². The Morgan fingerprint density at radius 2 is 1.48 bits per heavy atom. The molecule has 0 aromatic heterocycles. The van der Waals surface area contributed by atoms with E-state index in [0.717, 1.165) is 25.7 Å². The van der Waals surface area contributed by atoms with Crippen LogP contribution in [0.5, 0.6) is 0 Å². The van der Waals surface area contributed by atoms with Crippen LogP contribution in [0.3, 0.4) is 0 Å². The van der Waals surface area contributed by atoms with Crippen molar-refractivity contribution >= 4 is 23.9 Å². The molecule has 0 radical (unpaired) electrons. The Labute approximate surface area is 274 Å². The predicted molar refractivity (Wildman–Crippen MR) is 170 cm³/mol. The fraction of sp³-hybridized carbons (Fsp3) is 0.838. The van der Waals surface area contributed by atoms with Gasteiger partial charge in [-0.25, -0.2) is 0 Å². The second-order valence-corrected chi connectivity index (χ2v) is 17.1. The molecule has 9 nitrogen and oxygen atoms in total. The highest BCUT2D eigenvalue weighted by Crippen LogP contribution is 2.76. The van der Waals surface area contributed by atoms with Crippen molar-refractivity contribution in [2.75, 3.05) is 13.7 Å². The second kappa shape index (κ2) is 11.3. The predicted octanol–water partition coefficient (Wildman–Crippen LogP) is 5.95. The van der Waals surface area contributed by atoms with Gasteiger partial charge in [0.1, 0.15) is 18.8 Å². The van der Waals surface area contributed by atoms with Crippen molar-refractivity contribution in [3.63, 3.8) is 0 Å². The molecule has 4 saturated carbocycles. The lowest BCUT2D eigenvalue weighted by molar-refractivity contribution is -0.277. The van der Waals surface area contributed by atoms with Gasteiger partial charge in [0.25, 0.3) is 0 Å². The Balaban J connectivity index is 1.66. The zero-order valence-corrected chi connectivity index (χ0v) is 29.6. The summed E-state index contributed by atoms with van der Waals surface area (Å²) in [6.45, 7) is 17.3. The molecule has 46 heavy (non-hydrogen) atoms. The van der Waals surface area contributed by atoms with E-state index < -0.39 is 63.3 Å². The number of ether oxygens (including phenoxy) is 4. The van der Waals surface area contributed by atoms with Crippen molar-refractivity contribution < 1.29 is 43.2 Å². The fourth-order valence-corrected chi connectivity index (χ4v) is 11.8. The molecule has 0 aromatic carbocycles. The Bertz CT molecular complexity index is 1320. The molecule has 4 fully saturated rings. The van der Waals surface area contributed by atoms with Gasteiger partial charge in [-0.15, -0.1) is 0 Å². The van der Waals surface area contributed by atoms with Gasteiger partial charge in [-0.05, 0) is 85.4 Å². The summed E-state index contributed by atoms with van der Waals surface area (Å²) in [6, 6.07) is 0. The second-order valence-electron chi connectivity index (χ2n) is 17.1. The van der Waals surface area contributed by atoms with Gasteiger partial charge in [0.2, 0.25) is 0 Å². The first-order chi connectivity index (χ1) is 21.2. The molecule has 1 N–H and O–H groups in total. The van der Waals surface area contributed by atoms with Gasteiger partial charge < -0.3 is 24.1 Å². The summed E-state index contributed by atoms with van der Waals surface area (Å²) in [6.07, 6.45) is 5.70. The number of aliphatic hydroxyl groups excluding tert-OH is 1. The number of methoxy groups -OCH3 is 1. The number of fused-ring (bicyclic) bond motifs is 7. The molecule has 0 aromatic rings. The average molecular weight is 645 g/mol. The van der Waals surface area contributed by atoms with E-state index in [1.165, 1.54) is 33.5 Å². The standard InChI is InChI=1S/C37H56O9/c1-21(38)44-20-34(7)28-17-29(41)36(9)27(33(28,6)19-26(45-22(2)39)30(34)46-23(3)40)12-11-24-25-18-32(4,5)13-15-37(25,31(42)43-10)16-14-35(24,36)8/h11,25-30,41H,12-20H2,1-10H3/t25-,26+,27+,28+,29+,30-,33+,34-,35+,36-,37-/m0/s1. The van der Waals surface area contributed by atoms with E-state index in [1.54, 1.807) is 0 Å². The van der Waals surface area contributed by atoms with E-state index in [4.69, 9.17) is 18.9 Å². The van der Waals surface area contributed by atoms with Crippen LogP contribution in [0, 0.1) is 50.2 Å². The van der Waals surface area contributed by atoms with Crippen LogP contribution in [0.1, 0.15) is 114 Å². The summed E-state index contributed by atoms with van der Waals surface area (Å²) in [5, 5.41) is 12.5. The zero-order valence-electron chi connectivity index (χ0n) is 29.6. The Morgan fingerprint density at radius 3 is 2.07 bits per heavy atom.